The number of hydrogen-bond acceptors (Lipinski definition) is 3. The van der Waals surface area contributed by atoms with Crippen molar-refractivity contribution < 1.29 is 9.90 Å². The van der Waals surface area contributed by atoms with Gasteiger partial charge in [-0.1, -0.05) is 18.5 Å². The molecule has 0 aliphatic carbocycles. The molecular formula is C12H16ClNO2S. The summed E-state index contributed by atoms with van der Waals surface area (Å²) in [7, 11) is 0. The molecule has 94 valence electrons. The fourth-order valence-corrected chi connectivity index (χ4v) is 2.28. The van der Waals surface area contributed by atoms with E-state index in [9.17, 15) is 9.90 Å². The second kappa shape index (κ2) is 6.77. The number of thioether (sulfide) groups is 1. The average molecular weight is 274 g/mol. The number of benzene rings is 1. The van der Waals surface area contributed by atoms with E-state index in [2.05, 4.69) is 5.32 Å². The Hall–Kier alpha value is -0.870. The Morgan fingerprint density at radius 2 is 2.29 bits per heavy atom. The Morgan fingerprint density at radius 1 is 1.59 bits per heavy atom. The van der Waals surface area contributed by atoms with Crippen LogP contribution < -0.4 is 5.32 Å². The van der Waals surface area contributed by atoms with Gasteiger partial charge in [-0.2, -0.15) is 11.8 Å². The van der Waals surface area contributed by atoms with E-state index in [1.807, 2.05) is 13.2 Å². The quantitative estimate of drug-likeness (QED) is 0.867. The summed E-state index contributed by atoms with van der Waals surface area (Å²) in [6.45, 7) is 2.03. The van der Waals surface area contributed by atoms with Crippen LogP contribution in [0.5, 0.6) is 5.75 Å². The molecule has 0 radical (unpaired) electrons. The summed E-state index contributed by atoms with van der Waals surface area (Å²) < 4.78 is 0. The molecule has 2 N–H and O–H groups in total. The van der Waals surface area contributed by atoms with E-state index in [1.54, 1.807) is 17.8 Å². The first kappa shape index (κ1) is 14.2. The summed E-state index contributed by atoms with van der Waals surface area (Å²) in [6, 6.07) is 4.61. The highest BCUT2D eigenvalue weighted by Gasteiger charge is 2.12. The number of aromatic hydroxyl groups is 1. The zero-order valence-corrected chi connectivity index (χ0v) is 11.4. The van der Waals surface area contributed by atoms with Crippen molar-refractivity contribution in [3.63, 3.8) is 0 Å². The molecule has 5 heteroatoms. The Balaban J connectivity index is 2.72. The number of nitrogens with one attached hydrogen (secondary N) is 1. The maximum atomic E-state index is 11.9. The number of phenols is 1. The Bertz CT molecular complexity index is 398. The van der Waals surface area contributed by atoms with Crippen LogP contribution in [0.1, 0.15) is 23.7 Å². The molecule has 1 unspecified atom stereocenters. The SMILES string of the molecule is CCC(CSC)NC(=O)c1ccc(O)c(Cl)c1. The van der Waals surface area contributed by atoms with Crippen molar-refractivity contribution in [3.05, 3.63) is 28.8 Å². The Morgan fingerprint density at radius 3 is 2.82 bits per heavy atom. The van der Waals surface area contributed by atoms with Gasteiger partial charge in [-0.25, -0.2) is 0 Å². The van der Waals surface area contributed by atoms with Crippen molar-refractivity contribution in [2.24, 2.45) is 0 Å². The van der Waals surface area contributed by atoms with E-state index in [-0.39, 0.29) is 22.7 Å². The summed E-state index contributed by atoms with van der Waals surface area (Å²) >= 11 is 7.45. The molecule has 0 heterocycles. The van der Waals surface area contributed by atoms with Gasteiger partial charge in [0.25, 0.3) is 5.91 Å². The second-order valence-corrected chi connectivity index (χ2v) is 5.02. The van der Waals surface area contributed by atoms with Crippen molar-refractivity contribution in [2.45, 2.75) is 19.4 Å². The van der Waals surface area contributed by atoms with Crippen LogP contribution in [0.3, 0.4) is 0 Å². The minimum atomic E-state index is -0.159. The summed E-state index contributed by atoms with van der Waals surface area (Å²) in [4.78, 5) is 11.9. The molecule has 1 aromatic carbocycles. The van der Waals surface area contributed by atoms with Crippen molar-refractivity contribution in [1.82, 2.24) is 5.32 Å². The summed E-state index contributed by atoms with van der Waals surface area (Å²) in [6.07, 6.45) is 2.89. The number of phenolic OH excluding ortho intramolecular Hbond substituents is 1. The van der Waals surface area contributed by atoms with Crippen LogP contribution in [-0.2, 0) is 0 Å². The standard InChI is InChI=1S/C12H16ClNO2S/c1-3-9(7-17-2)14-12(16)8-4-5-11(15)10(13)6-8/h4-6,9,15H,3,7H2,1-2H3,(H,14,16). The monoisotopic (exact) mass is 273 g/mol. The summed E-state index contributed by atoms with van der Waals surface area (Å²) in [5, 5.41) is 12.4. The zero-order valence-electron chi connectivity index (χ0n) is 9.87. The van der Waals surface area contributed by atoms with E-state index < -0.39 is 0 Å². The first-order valence-electron chi connectivity index (χ1n) is 5.36. The highest BCUT2D eigenvalue weighted by molar-refractivity contribution is 7.98. The van der Waals surface area contributed by atoms with Crippen molar-refractivity contribution in [3.8, 4) is 5.75 Å². The van der Waals surface area contributed by atoms with E-state index in [4.69, 9.17) is 11.6 Å². The number of halogens is 1. The predicted octanol–water partition coefficient (Wildman–Crippen LogP) is 2.92. The smallest absolute Gasteiger partial charge is 0.251 e. The lowest BCUT2D eigenvalue weighted by Gasteiger charge is -2.15. The molecular weight excluding hydrogens is 258 g/mol. The normalized spacial score (nSPS) is 12.2. The molecule has 0 aromatic heterocycles. The predicted molar refractivity (Wildman–Crippen MR) is 73.0 cm³/mol. The molecule has 1 atom stereocenters. The molecule has 0 saturated heterocycles. The van der Waals surface area contributed by atoms with Gasteiger partial charge in [-0.15, -0.1) is 0 Å². The third-order valence-corrected chi connectivity index (χ3v) is 3.44. The highest BCUT2D eigenvalue weighted by atomic mass is 35.5. The number of carbonyl (C=O) groups is 1. The molecule has 1 amide bonds. The molecule has 0 saturated carbocycles. The van der Waals surface area contributed by atoms with Gasteiger partial charge < -0.3 is 10.4 Å². The number of hydrogen-bond donors (Lipinski definition) is 2. The number of carbonyl (C=O) groups excluding carboxylic acids is 1. The van der Waals surface area contributed by atoms with Gasteiger partial charge in [0, 0.05) is 17.4 Å². The fourth-order valence-electron chi connectivity index (χ4n) is 1.38. The first-order chi connectivity index (χ1) is 8.08. The molecule has 0 aliphatic rings. The van der Waals surface area contributed by atoms with Crippen molar-refractivity contribution in [2.75, 3.05) is 12.0 Å². The average Bonchev–Trinajstić information content (AvgIpc) is 2.31. The van der Waals surface area contributed by atoms with Gasteiger partial charge in [-0.3, -0.25) is 4.79 Å². The molecule has 17 heavy (non-hydrogen) atoms. The molecule has 1 aromatic rings. The Kier molecular flexibility index (Phi) is 5.65. The van der Waals surface area contributed by atoms with Crippen LogP contribution in [-0.4, -0.2) is 29.1 Å². The topological polar surface area (TPSA) is 49.3 Å². The van der Waals surface area contributed by atoms with Crippen LogP contribution in [0.4, 0.5) is 0 Å². The van der Waals surface area contributed by atoms with Crippen LogP contribution in [0, 0.1) is 0 Å². The van der Waals surface area contributed by atoms with Crippen molar-refractivity contribution >= 4 is 29.3 Å². The summed E-state index contributed by atoms with van der Waals surface area (Å²) in [5.41, 5.74) is 0.465. The molecule has 1 rings (SSSR count). The molecule has 0 bridgehead atoms. The lowest BCUT2D eigenvalue weighted by molar-refractivity contribution is 0.0940. The Labute approximate surface area is 111 Å². The van der Waals surface area contributed by atoms with Crippen LogP contribution >= 0.6 is 23.4 Å². The first-order valence-corrected chi connectivity index (χ1v) is 7.14. The third-order valence-electron chi connectivity index (χ3n) is 2.41. The molecule has 0 spiro atoms. The van der Waals surface area contributed by atoms with Gasteiger partial charge in [0.1, 0.15) is 5.75 Å². The van der Waals surface area contributed by atoms with E-state index in [0.29, 0.717) is 5.56 Å². The molecule has 0 fully saturated rings. The third kappa shape index (κ3) is 4.13. The molecule has 0 aliphatic heterocycles. The van der Waals surface area contributed by atoms with Gasteiger partial charge >= 0.3 is 0 Å². The highest BCUT2D eigenvalue weighted by Crippen LogP contribution is 2.23. The van der Waals surface area contributed by atoms with Crippen LogP contribution in [0.2, 0.25) is 5.02 Å². The maximum Gasteiger partial charge on any atom is 0.251 e. The van der Waals surface area contributed by atoms with Gasteiger partial charge in [0.2, 0.25) is 0 Å². The van der Waals surface area contributed by atoms with E-state index in [0.717, 1.165) is 12.2 Å². The minimum absolute atomic E-state index is 0.0145. The second-order valence-electron chi connectivity index (χ2n) is 3.70. The number of rotatable bonds is 5. The van der Waals surface area contributed by atoms with Gasteiger partial charge in [0.05, 0.1) is 5.02 Å². The minimum Gasteiger partial charge on any atom is -0.506 e. The van der Waals surface area contributed by atoms with Crippen LogP contribution in [0.15, 0.2) is 18.2 Å². The van der Waals surface area contributed by atoms with E-state index in [1.165, 1.54) is 12.1 Å². The number of amides is 1. The molecule has 3 nitrogen and oxygen atoms in total. The van der Waals surface area contributed by atoms with Crippen LogP contribution in [0.25, 0.3) is 0 Å². The van der Waals surface area contributed by atoms with Gasteiger partial charge in [-0.05, 0) is 30.9 Å². The zero-order chi connectivity index (χ0) is 12.8. The summed E-state index contributed by atoms with van der Waals surface area (Å²) in [5.74, 6) is 0.709. The fraction of sp³-hybridized carbons (Fsp3) is 0.417. The maximum absolute atomic E-state index is 11.9. The lowest BCUT2D eigenvalue weighted by Crippen LogP contribution is -2.36. The van der Waals surface area contributed by atoms with Crippen molar-refractivity contribution in [1.29, 1.82) is 0 Å². The van der Waals surface area contributed by atoms with E-state index >= 15 is 0 Å². The lowest BCUT2D eigenvalue weighted by atomic mass is 10.2. The largest absolute Gasteiger partial charge is 0.506 e. The van der Waals surface area contributed by atoms with Gasteiger partial charge in [0.15, 0.2) is 0 Å².